The third kappa shape index (κ3) is 2.02. The third-order valence-electron chi connectivity index (χ3n) is 3.16. The van der Waals surface area contributed by atoms with E-state index in [4.69, 9.17) is 4.74 Å². The summed E-state index contributed by atoms with van der Waals surface area (Å²) >= 11 is 0. The zero-order valence-corrected chi connectivity index (χ0v) is 8.38. The Bertz CT molecular complexity index is 238. The Morgan fingerprint density at radius 1 is 1.46 bits per heavy atom. The van der Waals surface area contributed by atoms with Crippen LogP contribution in [0.1, 0.15) is 32.1 Å². The molecule has 2 rings (SSSR count). The van der Waals surface area contributed by atoms with Crippen LogP contribution in [0.2, 0.25) is 0 Å². The van der Waals surface area contributed by atoms with E-state index in [2.05, 4.69) is 12.2 Å². The summed E-state index contributed by atoms with van der Waals surface area (Å²) in [5, 5.41) is 0. The summed E-state index contributed by atoms with van der Waals surface area (Å²) in [4.78, 5) is 0. The molecule has 2 aliphatic rings. The lowest BCUT2D eigenvalue weighted by Crippen LogP contribution is -2.00. The molecule has 0 aromatic heterocycles. The van der Waals surface area contributed by atoms with Gasteiger partial charge >= 0.3 is 0 Å². The first-order valence-corrected chi connectivity index (χ1v) is 5.26. The zero-order valence-electron chi connectivity index (χ0n) is 8.38. The maximum Gasteiger partial charge on any atom is 0.0465 e. The van der Waals surface area contributed by atoms with Crippen molar-refractivity contribution in [1.29, 1.82) is 0 Å². The molecule has 0 saturated carbocycles. The van der Waals surface area contributed by atoms with Gasteiger partial charge in [0, 0.05) is 13.7 Å². The van der Waals surface area contributed by atoms with Crippen molar-refractivity contribution in [2.45, 2.75) is 32.1 Å². The van der Waals surface area contributed by atoms with Crippen molar-refractivity contribution < 1.29 is 4.74 Å². The Balaban J connectivity index is 1.87. The van der Waals surface area contributed by atoms with Crippen LogP contribution in [0.15, 0.2) is 23.3 Å². The molecule has 1 heteroatoms. The summed E-state index contributed by atoms with van der Waals surface area (Å²) in [5.41, 5.74) is 3.36. The maximum atomic E-state index is 5.12. The van der Waals surface area contributed by atoms with Crippen molar-refractivity contribution in [3.05, 3.63) is 23.3 Å². The van der Waals surface area contributed by atoms with E-state index in [-0.39, 0.29) is 0 Å². The van der Waals surface area contributed by atoms with Gasteiger partial charge in [0.1, 0.15) is 0 Å². The van der Waals surface area contributed by atoms with Crippen LogP contribution in [0.3, 0.4) is 0 Å². The normalized spacial score (nSPS) is 26.7. The second-order valence-electron chi connectivity index (χ2n) is 4.13. The quantitative estimate of drug-likeness (QED) is 0.645. The predicted octanol–water partition coefficient (Wildman–Crippen LogP) is 3.08. The molecule has 1 atom stereocenters. The molecule has 2 aliphatic carbocycles. The molecule has 0 amide bonds. The maximum absolute atomic E-state index is 5.12. The Morgan fingerprint density at radius 3 is 3.15 bits per heavy atom. The van der Waals surface area contributed by atoms with Crippen molar-refractivity contribution in [2.24, 2.45) is 5.92 Å². The van der Waals surface area contributed by atoms with E-state index >= 15 is 0 Å². The van der Waals surface area contributed by atoms with Gasteiger partial charge < -0.3 is 4.74 Å². The first kappa shape index (κ1) is 9.01. The van der Waals surface area contributed by atoms with Gasteiger partial charge in [-0.2, -0.15) is 0 Å². The molecule has 72 valence electrons. The molecule has 0 saturated heterocycles. The molecule has 0 aliphatic heterocycles. The second-order valence-corrected chi connectivity index (χ2v) is 4.13. The highest BCUT2D eigenvalue weighted by atomic mass is 16.5. The van der Waals surface area contributed by atoms with Crippen molar-refractivity contribution in [3.63, 3.8) is 0 Å². The first-order chi connectivity index (χ1) is 6.40. The number of hydrogen-bond donors (Lipinski definition) is 0. The zero-order chi connectivity index (χ0) is 9.10. The summed E-state index contributed by atoms with van der Waals surface area (Å²) in [6, 6.07) is 0. The monoisotopic (exact) mass is 178 g/mol. The smallest absolute Gasteiger partial charge is 0.0465 e. The van der Waals surface area contributed by atoms with Gasteiger partial charge in [-0.1, -0.05) is 17.7 Å². The molecular weight excluding hydrogens is 160 g/mol. The molecule has 13 heavy (non-hydrogen) atoms. The summed E-state index contributed by atoms with van der Waals surface area (Å²) in [6.07, 6.45) is 11.1. The average molecular weight is 178 g/mol. The number of hydrogen-bond acceptors (Lipinski definition) is 1. The van der Waals surface area contributed by atoms with Gasteiger partial charge in [-0.05, 0) is 43.6 Å². The predicted molar refractivity (Wildman–Crippen MR) is 54.6 cm³/mol. The Kier molecular flexibility index (Phi) is 2.84. The van der Waals surface area contributed by atoms with E-state index in [1.807, 2.05) is 0 Å². The van der Waals surface area contributed by atoms with Gasteiger partial charge in [0.2, 0.25) is 0 Å². The minimum atomic E-state index is 0.868. The van der Waals surface area contributed by atoms with Crippen LogP contribution in [-0.4, -0.2) is 13.7 Å². The fourth-order valence-electron chi connectivity index (χ4n) is 2.43. The standard InChI is InChI=1S/C12H18O/c1-13-7-6-10-8-11-4-2-3-5-12(11)9-10/h2,4,10H,3,5-9H2,1H3. The third-order valence-corrected chi connectivity index (χ3v) is 3.16. The fraction of sp³-hybridized carbons (Fsp3) is 0.667. The van der Waals surface area contributed by atoms with Gasteiger partial charge in [-0.25, -0.2) is 0 Å². The van der Waals surface area contributed by atoms with E-state index in [1.165, 1.54) is 32.1 Å². The topological polar surface area (TPSA) is 9.23 Å². The van der Waals surface area contributed by atoms with Crippen LogP contribution >= 0.6 is 0 Å². The van der Waals surface area contributed by atoms with Crippen molar-refractivity contribution in [3.8, 4) is 0 Å². The summed E-state index contributed by atoms with van der Waals surface area (Å²) in [6.45, 7) is 0.926. The molecular formula is C12H18O. The van der Waals surface area contributed by atoms with Crippen molar-refractivity contribution in [2.75, 3.05) is 13.7 Å². The highest BCUT2D eigenvalue weighted by Crippen LogP contribution is 2.38. The van der Waals surface area contributed by atoms with Gasteiger partial charge in [-0.15, -0.1) is 0 Å². The molecule has 0 bridgehead atoms. The molecule has 0 heterocycles. The van der Waals surface area contributed by atoms with Crippen molar-refractivity contribution in [1.82, 2.24) is 0 Å². The summed E-state index contributed by atoms with van der Waals surface area (Å²) in [5.74, 6) is 0.868. The SMILES string of the molecule is COCCC1CC2=C(CCC=C2)C1. The lowest BCUT2D eigenvalue weighted by Gasteiger charge is -2.08. The summed E-state index contributed by atoms with van der Waals surface area (Å²) < 4.78 is 5.12. The number of rotatable bonds is 3. The minimum Gasteiger partial charge on any atom is -0.385 e. The molecule has 0 aromatic rings. The van der Waals surface area contributed by atoms with Crippen LogP contribution in [0.4, 0.5) is 0 Å². The largest absolute Gasteiger partial charge is 0.385 e. The van der Waals surface area contributed by atoms with E-state index in [1.54, 1.807) is 18.3 Å². The van der Waals surface area contributed by atoms with Gasteiger partial charge in [0.05, 0.1) is 0 Å². The number of allylic oxidation sites excluding steroid dienone is 4. The molecule has 0 N–H and O–H groups in total. The second kappa shape index (κ2) is 4.10. The molecule has 0 spiro atoms. The molecule has 1 nitrogen and oxygen atoms in total. The lowest BCUT2D eigenvalue weighted by molar-refractivity contribution is 0.178. The Hall–Kier alpha value is -0.560. The average Bonchev–Trinajstić information content (AvgIpc) is 2.57. The van der Waals surface area contributed by atoms with Crippen LogP contribution in [-0.2, 0) is 4.74 Å². The van der Waals surface area contributed by atoms with Crippen LogP contribution in [0.25, 0.3) is 0 Å². The highest BCUT2D eigenvalue weighted by molar-refractivity contribution is 5.33. The van der Waals surface area contributed by atoms with Gasteiger partial charge in [0.15, 0.2) is 0 Å². The van der Waals surface area contributed by atoms with Crippen molar-refractivity contribution >= 4 is 0 Å². The fourth-order valence-corrected chi connectivity index (χ4v) is 2.43. The number of ether oxygens (including phenoxy) is 1. The van der Waals surface area contributed by atoms with E-state index in [0.29, 0.717) is 0 Å². The minimum absolute atomic E-state index is 0.868. The first-order valence-electron chi connectivity index (χ1n) is 5.26. The molecule has 0 radical (unpaired) electrons. The van der Waals surface area contributed by atoms with Gasteiger partial charge in [-0.3, -0.25) is 0 Å². The van der Waals surface area contributed by atoms with Crippen LogP contribution in [0.5, 0.6) is 0 Å². The summed E-state index contributed by atoms with van der Waals surface area (Å²) in [7, 11) is 1.79. The van der Waals surface area contributed by atoms with Gasteiger partial charge in [0.25, 0.3) is 0 Å². The Labute approximate surface area is 80.5 Å². The number of methoxy groups -OCH3 is 1. The van der Waals surface area contributed by atoms with E-state index in [0.717, 1.165) is 12.5 Å². The van der Waals surface area contributed by atoms with Crippen LogP contribution < -0.4 is 0 Å². The van der Waals surface area contributed by atoms with E-state index < -0.39 is 0 Å². The molecule has 0 fully saturated rings. The Morgan fingerprint density at radius 2 is 2.38 bits per heavy atom. The van der Waals surface area contributed by atoms with E-state index in [9.17, 15) is 0 Å². The molecule has 1 unspecified atom stereocenters. The molecule has 0 aromatic carbocycles. The van der Waals surface area contributed by atoms with Crippen LogP contribution in [0, 0.1) is 5.92 Å². The highest BCUT2D eigenvalue weighted by Gasteiger charge is 2.23. The lowest BCUT2D eigenvalue weighted by atomic mass is 10.00.